The highest BCUT2D eigenvalue weighted by Crippen LogP contribution is 2.27. The van der Waals surface area contributed by atoms with Crippen molar-refractivity contribution in [1.82, 2.24) is 0 Å². The minimum absolute atomic E-state index is 0.141. The normalized spacial score (nSPS) is 18.7. The number of halogens is 2. The van der Waals surface area contributed by atoms with Crippen LogP contribution >= 0.6 is 26.6 Å². The Kier molecular flexibility index (Phi) is 5.29. The molecule has 0 spiro atoms. The molecule has 0 bridgehead atoms. The van der Waals surface area contributed by atoms with Gasteiger partial charge in [-0.05, 0) is 31.0 Å². The molecule has 1 aliphatic rings. The fourth-order valence-corrected chi connectivity index (χ4v) is 3.39. The van der Waals surface area contributed by atoms with Gasteiger partial charge in [-0.15, -0.1) is 0 Å². The Morgan fingerprint density at radius 1 is 1.52 bits per heavy atom. The van der Waals surface area contributed by atoms with Gasteiger partial charge in [0.25, 0.3) is 9.05 Å². The first-order valence-corrected chi connectivity index (χ1v) is 9.39. The van der Waals surface area contributed by atoms with Gasteiger partial charge in [0, 0.05) is 27.7 Å². The largest absolute Gasteiger partial charge is 0.462 e. The van der Waals surface area contributed by atoms with E-state index in [1.54, 1.807) is 6.92 Å². The van der Waals surface area contributed by atoms with Crippen molar-refractivity contribution < 1.29 is 22.7 Å². The molecule has 1 aliphatic heterocycles. The van der Waals surface area contributed by atoms with Crippen LogP contribution in [0.5, 0.6) is 0 Å². The SMILES string of the molecule is Cc1c(Br)cc(S(=O)(=O)Cl)cc1C(=O)OCC1CCOC1. The van der Waals surface area contributed by atoms with Gasteiger partial charge in [-0.1, -0.05) is 15.9 Å². The van der Waals surface area contributed by atoms with Crippen LogP contribution in [0.1, 0.15) is 22.3 Å². The third-order valence-corrected chi connectivity index (χ3v) is 5.45. The van der Waals surface area contributed by atoms with Crippen molar-refractivity contribution in [2.45, 2.75) is 18.2 Å². The monoisotopic (exact) mass is 396 g/mol. The van der Waals surface area contributed by atoms with Crippen LogP contribution in [0.2, 0.25) is 0 Å². The second-order valence-corrected chi connectivity index (χ2v) is 8.26. The fraction of sp³-hybridized carbons (Fsp3) is 0.462. The van der Waals surface area contributed by atoms with Crippen LogP contribution in [0.15, 0.2) is 21.5 Å². The molecule has 0 amide bonds. The van der Waals surface area contributed by atoms with Gasteiger partial charge in [0.15, 0.2) is 0 Å². The molecule has 0 aliphatic carbocycles. The van der Waals surface area contributed by atoms with Gasteiger partial charge in [-0.25, -0.2) is 13.2 Å². The van der Waals surface area contributed by atoms with Gasteiger partial charge in [0.2, 0.25) is 0 Å². The summed E-state index contributed by atoms with van der Waals surface area (Å²) in [6, 6.07) is 2.59. The molecule has 0 saturated carbocycles. The molecule has 2 rings (SSSR count). The molecule has 1 saturated heterocycles. The summed E-state index contributed by atoms with van der Waals surface area (Å²) in [5, 5.41) is 0. The lowest BCUT2D eigenvalue weighted by Gasteiger charge is -2.12. The van der Waals surface area contributed by atoms with Crippen molar-refractivity contribution in [3.05, 3.63) is 27.7 Å². The molecule has 0 radical (unpaired) electrons. The summed E-state index contributed by atoms with van der Waals surface area (Å²) < 4.78 is 33.8. The number of rotatable bonds is 4. The second-order valence-electron chi connectivity index (χ2n) is 4.84. The Morgan fingerprint density at radius 3 is 2.81 bits per heavy atom. The molecule has 0 N–H and O–H groups in total. The number of carbonyl (C=O) groups is 1. The molecule has 1 heterocycles. The van der Waals surface area contributed by atoms with E-state index in [1.165, 1.54) is 12.1 Å². The molecule has 1 unspecified atom stereocenters. The van der Waals surface area contributed by atoms with Crippen LogP contribution < -0.4 is 0 Å². The Bertz CT molecular complexity index is 653. The van der Waals surface area contributed by atoms with Gasteiger partial charge in [0.05, 0.1) is 23.7 Å². The Hall–Kier alpha value is -0.630. The Morgan fingerprint density at radius 2 is 2.24 bits per heavy atom. The van der Waals surface area contributed by atoms with Crippen molar-refractivity contribution in [2.24, 2.45) is 5.92 Å². The lowest BCUT2D eigenvalue weighted by molar-refractivity contribution is 0.0427. The maximum Gasteiger partial charge on any atom is 0.338 e. The van der Waals surface area contributed by atoms with Crippen molar-refractivity contribution >= 4 is 41.6 Å². The van der Waals surface area contributed by atoms with Crippen molar-refractivity contribution in [3.8, 4) is 0 Å². The topological polar surface area (TPSA) is 69.7 Å². The maximum atomic E-state index is 12.1. The highest BCUT2D eigenvalue weighted by molar-refractivity contribution is 9.10. The summed E-state index contributed by atoms with van der Waals surface area (Å²) >= 11 is 3.22. The lowest BCUT2D eigenvalue weighted by Crippen LogP contribution is -2.15. The van der Waals surface area contributed by atoms with Gasteiger partial charge in [-0.3, -0.25) is 0 Å². The smallest absolute Gasteiger partial charge is 0.338 e. The molecule has 21 heavy (non-hydrogen) atoms. The first-order chi connectivity index (χ1) is 9.79. The number of ether oxygens (including phenoxy) is 2. The average molecular weight is 398 g/mol. The molecule has 1 atom stereocenters. The van der Waals surface area contributed by atoms with E-state index in [0.29, 0.717) is 23.2 Å². The number of hydrogen-bond donors (Lipinski definition) is 0. The molecule has 5 nitrogen and oxygen atoms in total. The third kappa shape index (κ3) is 4.18. The highest BCUT2D eigenvalue weighted by Gasteiger charge is 2.22. The van der Waals surface area contributed by atoms with E-state index < -0.39 is 15.0 Å². The highest BCUT2D eigenvalue weighted by atomic mass is 79.9. The molecule has 116 valence electrons. The van der Waals surface area contributed by atoms with E-state index >= 15 is 0 Å². The molecular formula is C13H14BrClO5S. The van der Waals surface area contributed by atoms with Crippen LogP contribution in [0.25, 0.3) is 0 Å². The lowest BCUT2D eigenvalue weighted by atomic mass is 10.1. The van der Waals surface area contributed by atoms with Gasteiger partial charge < -0.3 is 9.47 Å². The van der Waals surface area contributed by atoms with E-state index in [4.69, 9.17) is 20.2 Å². The van der Waals surface area contributed by atoms with E-state index in [1.807, 2.05) is 0 Å². The predicted molar refractivity (Wildman–Crippen MR) is 81.1 cm³/mol. The van der Waals surface area contributed by atoms with Crippen molar-refractivity contribution in [2.75, 3.05) is 19.8 Å². The van der Waals surface area contributed by atoms with Crippen molar-refractivity contribution in [3.63, 3.8) is 0 Å². The Labute approximate surface area is 136 Å². The fourth-order valence-electron chi connectivity index (χ4n) is 1.99. The summed E-state index contributed by atoms with van der Waals surface area (Å²) in [5.74, 6) is -0.375. The zero-order valence-corrected chi connectivity index (χ0v) is 14.4. The Balaban J connectivity index is 2.21. The van der Waals surface area contributed by atoms with Gasteiger partial charge in [-0.2, -0.15) is 0 Å². The van der Waals surface area contributed by atoms with Gasteiger partial charge >= 0.3 is 5.97 Å². The second kappa shape index (κ2) is 6.64. The van der Waals surface area contributed by atoms with Crippen LogP contribution in [0.4, 0.5) is 0 Å². The minimum atomic E-state index is -3.91. The summed E-state index contributed by atoms with van der Waals surface area (Å²) in [5.41, 5.74) is 0.786. The summed E-state index contributed by atoms with van der Waals surface area (Å²) in [7, 11) is 1.41. The maximum absolute atomic E-state index is 12.1. The van der Waals surface area contributed by atoms with E-state index in [-0.39, 0.29) is 23.0 Å². The van der Waals surface area contributed by atoms with Gasteiger partial charge in [0.1, 0.15) is 0 Å². The summed E-state index contributed by atoms with van der Waals surface area (Å²) in [6.45, 7) is 3.20. The number of carbonyl (C=O) groups excluding carboxylic acids is 1. The average Bonchev–Trinajstić information content (AvgIpc) is 2.91. The number of esters is 1. The van der Waals surface area contributed by atoms with Crippen LogP contribution in [-0.4, -0.2) is 34.2 Å². The first kappa shape index (κ1) is 16.7. The minimum Gasteiger partial charge on any atom is -0.462 e. The predicted octanol–water partition coefficient (Wildman–Crippen LogP) is 2.88. The number of benzene rings is 1. The molecular weight excluding hydrogens is 384 g/mol. The molecule has 0 aromatic heterocycles. The molecule has 1 aromatic carbocycles. The molecule has 8 heteroatoms. The van der Waals surface area contributed by atoms with Crippen LogP contribution in [0.3, 0.4) is 0 Å². The summed E-state index contributed by atoms with van der Waals surface area (Å²) in [4.78, 5) is 12.0. The zero-order valence-electron chi connectivity index (χ0n) is 11.3. The molecule has 1 aromatic rings. The van der Waals surface area contributed by atoms with Crippen LogP contribution in [-0.2, 0) is 18.5 Å². The van der Waals surface area contributed by atoms with E-state index in [2.05, 4.69) is 15.9 Å². The number of hydrogen-bond acceptors (Lipinski definition) is 5. The standard InChI is InChI=1S/C13H14BrClO5S/c1-8-11(4-10(5-12(8)14)21(15,17)18)13(16)20-7-9-2-3-19-6-9/h4-5,9H,2-3,6-7H2,1H3. The quantitative estimate of drug-likeness (QED) is 0.577. The first-order valence-electron chi connectivity index (χ1n) is 6.28. The zero-order chi connectivity index (χ0) is 15.6. The third-order valence-electron chi connectivity index (χ3n) is 3.29. The van der Waals surface area contributed by atoms with E-state index in [0.717, 1.165) is 6.42 Å². The van der Waals surface area contributed by atoms with E-state index in [9.17, 15) is 13.2 Å². The summed E-state index contributed by atoms with van der Waals surface area (Å²) in [6.07, 6.45) is 0.853. The van der Waals surface area contributed by atoms with Crippen LogP contribution in [0, 0.1) is 12.8 Å². The molecule has 1 fully saturated rings. The van der Waals surface area contributed by atoms with Crippen molar-refractivity contribution in [1.29, 1.82) is 0 Å².